The van der Waals surface area contributed by atoms with E-state index in [0.29, 0.717) is 25.7 Å². The standard InChI is InChI=1S/C22H34O7/c1-10-14-15(24)17(26)18(3,4)22(14)13(28-11(2)23)8-20-9-19(5,27)12(16(20)25)6-7-21(10,20)29-22/h10,12-17,24-27H,6-9H2,1-5H3. The van der Waals surface area contributed by atoms with Gasteiger partial charge in [-0.1, -0.05) is 20.8 Å². The van der Waals surface area contributed by atoms with Gasteiger partial charge in [-0.05, 0) is 38.5 Å². The van der Waals surface area contributed by atoms with Gasteiger partial charge in [0.15, 0.2) is 0 Å². The molecule has 5 rings (SSSR count). The summed E-state index contributed by atoms with van der Waals surface area (Å²) in [4.78, 5) is 12.1. The Labute approximate surface area is 171 Å². The molecule has 4 N–H and O–H groups in total. The third kappa shape index (κ3) is 1.88. The molecule has 0 aromatic heterocycles. The SMILES string of the molecule is CC(=O)OC1CC23CC(C)(O)C(CCC24OC12C(C(O)C(O)C2(C)C)C4C)C3O. The van der Waals surface area contributed by atoms with Gasteiger partial charge in [0, 0.05) is 29.6 Å². The largest absolute Gasteiger partial charge is 0.459 e. The molecule has 29 heavy (non-hydrogen) atoms. The van der Waals surface area contributed by atoms with Crippen molar-refractivity contribution in [1.29, 1.82) is 0 Å². The van der Waals surface area contributed by atoms with Gasteiger partial charge in [-0.15, -0.1) is 0 Å². The van der Waals surface area contributed by atoms with Gasteiger partial charge in [0.1, 0.15) is 11.7 Å². The third-order valence-corrected chi connectivity index (χ3v) is 9.98. The molecule has 4 bridgehead atoms. The molecule has 164 valence electrons. The van der Waals surface area contributed by atoms with Crippen molar-refractivity contribution in [3.05, 3.63) is 0 Å². The van der Waals surface area contributed by atoms with Crippen LogP contribution in [-0.2, 0) is 14.3 Å². The van der Waals surface area contributed by atoms with E-state index >= 15 is 0 Å². The third-order valence-electron chi connectivity index (χ3n) is 9.98. The summed E-state index contributed by atoms with van der Waals surface area (Å²) in [6.45, 7) is 8.90. The molecule has 11 atom stereocenters. The first-order valence-electron chi connectivity index (χ1n) is 10.9. The Morgan fingerprint density at radius 3 is 2.41 bits per heavy atom. The second kappa shape index (κ2) is 5.36. The summed E-state index contributed by atoms with van der Waals surface area (Å²) in [5.74, 6) is -1.29. The number of rotatable bonds is 1. The Kier molecular flexibility index (Phi) is 3.73. The van der Waals surface area contributed by atoms with Crippen LogP contribution in [0.2, 0.25) is 0 Å². The number of aliphatic hydroxyl groups excluding tert-OH is 3. The fraction of sp³-hybridized carbons (Fsp3) is 0.955. The second-order valence-electron chi connectivity index (χ2n) is 11.3. The first-order valence-corrected chi connectivity index (χ1v) is 10.9. The van der Waals surface area contributed by atoms with Crippen LogP contribution in [0.1, 0.15) is 60.3 Å². The molecule has 3 aliphatic carbocycles. The fourth-order valence-corrected chi connectivity index (χ4v) is 8.88. The van der Waals surface area contributed by atoms with Crippen molar-refractivity contribution in [2.24, 2.45) is 28.6 Å². The van der Waals surface area contributed by atoms with Gasteiger partial charge in [0.05, 0.1) is 29.5 Å². The van der Waals surface area contributed by atoms with E-state index in [0.717, 1.165) is 0 Å². The number of ether oxygens (including phenoxy) is 2. The summed E-state index contributed by atoms with van der Waals surface area (Å²) in [7, 11) is 0. The lowest BCUT2D eigenvalue weighted by atomic mass is 9.55. The minimum absolute atomic E-state index is 0.168. The number of carbonyl (C=O) groups is 1. The molecule has 2 saturated heterocycles. The topological polar surface area (TPSA) is 116 Å². The molecular formula is C22H34O7. The Hall–Kier alpha value is -0.730. The monoisotopic (exact) mass is 410 g/mol. The number of fused-ring (bicyclic) bond motifs is 1. The number of aliphatic hydroxyl groups is 4. The summed E-state index contributed by atoms with van der Waals surface area (Å²) in [6.07, 6.45) is -1.45. The van der Waals surface area contributed by atoms with Crippen molar-refractivity contribution in [3.8, 4) is 0 Å². The predicted octanol–water partition coefficient (Wildman–Crippen LogP) is 0.755. The zero-order valence-corrected chi connectivity index (χ0v) is 17.9. The first-order chi connectivity index (χ1) is 13.3. The predicted molar refractivity (Wildman–Crippen MR) is 102 cm³/mol. The van der Waals surface area contributed by atoms with E-state index in [1.165, 1.54) is 6.92 Å². The van der Waals surface area contributed by atoms with E-state index in [1.807, 2.05) is 20.8 Å². The van der Waals surface area contributed by atoms with E-state index in [9.17, 15) is 25.2 Å². The van der Waals surface area contributed by atoms with Crippen molar-refractivity contribution >= 4 is 5.97 Å². The van der Waals surface area contributed by atoms with Crippen LogP contribution in [0.25, 0.3) is 0 Å². The van der Waals surface area contributed by atoms with Gasteiger partial charge in [0.2, 0.25) is 0 Å². The average molecular weight is 411 g/mol. The van der Waals surface area contributed by atoms with Crippen LogP contribution in [0.5, 0.6) is 0 Å². The van der Waals surface area contributed by atoms with Crippen LogP contribution in [-0.4, -0.2) is 67.6 Å². The van der Waals surface area contributed by atoms with Crippen molar-refractivity contribution in [2.45, 2.75) is 102 Å². The number of carbonyl (C=O) groups excluding carboxylic acids is 1. The quantitative estimate of drug-likeness (QED) is 0.472. The highest BCUT2D eigenvalue weighted by molar-refractivity contribution is 5.66. The molecule has 2 aliphatic heterocycles. The van der Waals surface area contributed by atoms with Gasteiger partial charge in [-0.25, -0.2) is 0 Å². The maximum atomic E-state index is 12.1. The molecule has 0 radical (unpaired) electrons. The number of esters is 1. The summed E-state index contributed by atoms with van der Waals surface area (Å²) < 4.78 is 12.8. The maximum Gasteiger partial charge on any atom is 0.303 e. The lowest BCUT2D eigenvalue weighted by Gasteiger charge is -2.61. The highest BCUT2D eigenvalue weighted by Gasteiger charge is 2.87. The molecule has 7 heteroatoms. The molecule has 7 nitrogen and oxygen atoms in total. The molecule has 3 spiro atoms. The first kappa shape index (κ1) is 20.2. The highest BCUT2D eigenvalue weighted by atomic mass is 16.6. The van der Waals surface area contributed by atoms with E-state index in [1.54, 1.807) is 6.92 Å². The van der Waals surface area contributed by atoms with Gasteiger partial charge in [-0.3, -0.25) is 4.79 Å². The zero-order chi connectivity index (χ0) is 21.4. The second-order valence-corrected chi connectivity index (χ2v) is 11.3. The highest BCUT2D eigenvalue weighted by Crippen LogP contribution is 2.78. The van der Waals surface area contributed by atoms with Crippen LogP contribution in [0, 0.1) is 28.6 Å². The lowest BCUT2D eigenvalue weighted by molar-refractivity contribution is -0.318. The minimum Gasteiger partial charge on any atom is -0.459 e. The Balaban J connectivity index is 1.74. The molecule has 0 aromatic rings. The van der Waals surface area contributed by atoms with Crippen LogP contribution in [0.4, 0.5) is 0 Å². The molecular weight excluding hydrogens is 376 g/mol. The van der Waals surface area contributed by atoms with Crippen molar-refractivity contribution in [2.75, 3.05) is 0 Å². The number of hydrogen-bond acceptors (Lipinski definition) is 7. The summed E-state index contributed by atoms with van der Waals surface area (Å²) in [5, 5.41) is 44.6. The molecule has 11 unspecified atom stereocenters. The maximum absolute atomic E-state index is 12.1. The number of hydrogen-bond donors (Lipinski definition) is 4. The molecule has 0 aromatic carbocycles. The van der Waals surface area contributed by atoms with Crippen LogP contribution in [0.3, 0.4) is 0 Å². The Morgan fingerprint density at radius 1 is 1.14 bits per heavy atom. The average Bonchev–Trinajstić information content (AvgIpc) is 2.97. The van der Waals surface area contributed by atoms with E-state index in [2.05, 4.69) is 0 Å². The van der Waals surface area contributed by atoms with E-state index < -0.39 is 63.9 Å². The van der Waals surface area contributed by atoms with Gasteiger partial charge >= 0.3 is 5.97 Å². The van der Waals surface area contributed by atoms with Gasteiger partial charge in [-0.2, -0.15) is 0 Å². The molecule has 2 heterocycles. The molecule has 5 fully saturated rings. The fourth-order valence-electron chi connectivity index (χ4n) is 8.88. The van der Waals surface area contributed by atoms with Crippen molar-refractivity contribution < 1.29 is 34.7 Å². The van der Waals surface area contributed by atoms with Crippen LogP contribution >= 0.6 is 0 Å². The summed E-state index contributed by atoms with van der Waals surface area (Å²) in [5.41, 5.74) is -4.40. The zero-order valence-electron chi connectivity index (χ0n) is 17.9. The van der Waals surface area contributed by atoms with E-state index in [-0.39, 0.29) is 11.8 Å². The van der Waals surface area contributed by atoms with Crippen LogP contribution < -0.4 is 0 Å². The Bertz CT molecular complexity index is 764. The smallest absolute Gasteiger partial charge is 0.303 e. The van der Waals surface area contributed by atoms with Gasteiger partial charge < -0.3 is 29.9 Å². The lowest BCUT2D eigenvalue weighted by Crippen LogP contribution is -2.69. The van der Waals surface area contributed by atoms with E-state index in [4.69, 9.17) is 9.47 Å². The molecule has 3 saturated carbocycles. The summed E-state index contributed by atoms with van der Waals surface area (Å²) >= 11 is 0. The summed E-state index contributed by atoms with van der Waals surface area (Å²) in [6, 6.07) is 0. The normalized spacial score (nSPS) is 61.9. The molecule has 0 amide bonds. The minimum atomic E-state index is -1.04. The van der Waals surface area contributed by atoms with Crippen molar-refractivity contribution in [1.82, 2.24) is 0 Å². The Morgan fingerprint density at radius 2 is 1.79 bits per heavy atom. The van der Waals surface area contributed by atoms with Gasteiger partial charge in [0.25, 0.3) is 0 Å². The van der Waals surface area contributed by atoms with Crippen LogP contribution in [0.15, 0.2) is 0 Å². The van der Waals surface area contributed by atoms with Crippen molar-refractivity contribution in [3.63, 3.8) is 0 Å². The molecule has 5 aliphatic rings.